The van der Waals surface area contributed by atoms with E-state index in [2.05, 4.69) is 15.3 Å². The number of aromatic amines is 1. The Morgan fingerprint density at radius 3 is 3.00 bits per heavy atom. The second-order valence-electron chi connectivity index (χ2n) is 6.64. The van der Waals surface area contributed by atoms with Gasteiger partial charge < -0.3 is 9.88 Å². The molecule has 1 aliphatic heterocycles. The third kappa shape index (κ3) is 2.89. The smallest absolute Gasteiger partial charge is 0.326 e. The van der Waals surface area contributed by atoms with Gasteiger partial charge in [0.25, 0.3) is 5.91 Å². The van der Waals surface area contributed by atoms with Crippen molar-refractivity contribution < 1.29 is 4.79 Å². The molecule has 1 aliphatic rings. The van der Waals surface area contributed by atoms with E-state index in [1.807, 2.05) is 17.9 Å². The Morgan fingerprint density at radius 2 is 2.24 bits per heavy atom. The summed E-state index contributed by atoms with van der Waals surface area (Å²) in [4.78, 5) is 33.9. The molecule has 7 heteroatoms. The Hall–Kier alpha value is -2.41. The van der Waals surface area contributed by atoms with Gasteiger partial charge in [0.05, 0.1) is 16.0 Å². The molecule has 2 aromatic heterocycles. The number of aryl methyl sites for hydroxylation is 2. The summed E-state index contributed by atoms with van der Waals surface area (Å²) >= 11 is 1.68. The number of nitrogens with zero attached hydrogens (tertiary/aromatic N) is 3. The van der Waals surface area contributed by atoms with Gasteiger partial charge in [0, 0.05) is 42.7 Å². The van der Waals surface area contributed by atoms with Gasteiger partial charge in [0.15, 0.2) is 0 Å². The molecule has 3 heterocycles. The van der Waals surface area contributed by atoms with Crippen molar-refractivity contribution in [1.82, 2.24) is 19.4 Å². The van der Waals surface area contributed by atoms with Crippen molar-refractivity contribution in [3.8, 4) is 0 Å². The van der Waals surface area contributed by atoms with Gasteiger partial charge in [-0.2, -0.15) is 0 Å². The van der Waals surface area contributed by atoms with Crippen molar-refractivity contribution in [2.24, 2.45) is 7.05 Å². The fourth-order valence-corrected chi connectivity index (χ4v) is 4.40. The molecule has 25 heavy (non-hydrogen) atoms. The highest BCUT2D eigenvalue weighted by atomic mass is 32.1. The first kappa shape index (κ1) is 16.1. The highest BCUT2D eigenvalue weighted by Crippen LogP contribution is 2.30. The van der Waals surface area contributed by atoms with Crippen LogP contribution in [0.4, 0.5) is 0 Å². The van der Waals surface area contributed by atoms with Crippen LogP contribution in [0.15, 0.2) is 28.4 Å². The molecule has 1 aromatic carbocycles. The molecule has 6 nitrogen and oxygen atoms in total. The van der Waals surface area contributed by atoms with Crippen LogP contribution in [-0.4, -0.2) is 38.4 Å². The summed E-state index contributed by atoms with van der Waals surface area (Å²) in [5, 5.41) is 3.19. The average molecular weight is 356 g/mol. The monoisotopic (exact) mass is 356 g/mol. The van der Waals surface area contributed by atoms with Crippen LogP contribution < -0.4 is 5.69 Å². The van der Waals surface area contributed by atoms with Crippen molar-refractivity contribution >= 4 is 28.3 Å². The molecule has 4 rings (SSSR count). The number of fused-ring (bicyclic) bond motifs is 1. The Bertz CT molecular complexity index is 1000. The average Bonchev–Trinajstić information content (AvgIpc) is 3.18. The number of imidazole rings is 1. The van der Waals surface area contributed by atoms with E-state index < -0.39 is 0 Å². The van der Waals surface area contributed by atoms with Crippen LogP contribution in [0.5, 0.6) is 0 Å². The normalized spacial score (nSPS) is 18.0. The number of piperidine rings is 1. The standard InChI is InChI=1S/C18H20N4O2S/c1-11-10-25-16(19-11)13-4-3-7-22(9-13)17(23)12-5-6-15-14(8-12)20-18(24)21(15)2/h5-6,8,10,13H,3-4,7,9H2,1-2H3,(H,20,24). The van der Waals surface area contributed by atoms with Crippen LogP contribution in [0.2, 0.25) is 0 Å². The fourth-order valence-electron chi connectivity index (χ4n) is 3.48. The van der Waals surface area contributed by atoms with E-state index in [4.69, 9.17) is 0 Å². The first-order chi connectivity index (χ1) is 12.0. The predicted molar refractivity (Wildman–Crippen MR) is 98.3 cm³/mol. The molecule has 130 valence electrons. The van der Waals surface area contributed by atoms with E-state index in [0.717, 1.165) is 35.6 Å². The minimum atomic E-state index is -0.170. The SMILES string of the molecule is Cc1csc(C2CCCN(C(=O)c3ccc4c(c3)[nH]c(=O)n4C)C2)n1. The molecular weight excluding hydrogens is 336 g/mol. The molecule has 1 atom stereocenters. The summed E-state index contributed by atoms with van der Waals surface area (Å²) in [6.45, 7) is 3.47. The number of nitrogens with one attached hydrogen (secondary N) is 1. The number of carbonyl (C=O) groups excluding carboxylic acids is 1. The molecule has 0 radical (unpaired) electrons. The molecule has 1 fully saturated rings. The first-order valence-electron chi connectivity index (χ1n) is 8.43. The highest BCUT2D eigenvalue weighted by molar-refractivity contribution is 7.09. The van der Waals surface area contributed by atoms with Gasteiger partial charge in [0.1, 0.15) is 0 Å². The molecular formula is C18H20N4O2S. The van der Waals surface area contributed by atoms with Gasteiger partial charge in [-0.15, -0.1) is 11.3 Å². The predicted octanol–water partition coefficient (Wildman–Crippen LogP) is 2.65. The second-order valence-corrected chi connectivity index (χ2v) is 7.53. The summed E-state index contributed by atoms with van der Waals surface area (Å²) in [7, 11) is 1.72. The van der Waals surface area contributed by atoms with Crippen LogP contribution in [-0.2, 0) is 7.05 Å². The molecule has 3 aromatic rings. The third-order valence-corrected chi connectivity index (χ3v) is 5.97. The number of amides is 1. The van der Waals surface area contributed by atoms with Crippen molar-refractivity contribution in [2.75, 3.05) is 13.1 Å². The van der Waals surface area contributed by atoms with Gasteiger partial charge in [-0.1, -0.05) is 0 Å². The maximum Gasteiger partial charge on any atom is 0.326 e. The third-order valence-electron chi connectivity index (χ3n) is 4.85. The van der Waals surface area contributed by atoms with Gasteiger partial charge in [0.2, 0.25) is 0 Å². The molecule has 1 unspecified atom stereocenters. The van der Waals surface area contributed by atoms with Crippen molar-refractivity contribution in [2.45, 2.75) is 25.7 Å². The van der Waals surface area contributed by atoms with Crippen LogP contribution in [0, 0.1) is 6.92 Å². The van der Waals surface area contributed by atoms with E-state index in [9.17, 15) is 9.59 Å². The Kier molecular flexibility index (Phi) is 3.95. The maximum atomic E-state index is 12.9. The van der Waals surface area contributed by atoms with E-state index in [-0.39, 0.29) is 11.6 Å². The quantitative estimate of drug-likeness (QED) is 0.767. The number of aromatic nitrogens is 3. The number of thiazole rings is 1. The summed E-state index contributed by atoms with van der Waals surface area (Å²) in [5.74, 6) is 0.334. The lowest BCUT2D eigenvalue weighted by atomic mass is 9.98. The Morgan fingerprint density at radius 1 is 1.40 bits per heavy atom. The van der Waals surface area contributed by atoms with E-state index in [1.165, 1.54) is 0 Å². The Labute approximate surface area is 149 Å². The number of hydrogen-bond acceptors (Lipinski definition) is 4. The first-order valence-corrected chi connectivity index (χ1v) is 9.31. The number of rotatable bonds is 2. The van der Waals surface area contributed by atoms with E-state index >= 15 is 0 Å². The van der Waals surface area contributed by atoms with Crippen molar-refractivity contribution in [1.29, 1.82) is 0 Å². The molecule has 0 spiro atoms. The number of H-pyrrole nitrogens is 1. The minimum Gasteiger partial charge on any atom is -0.338 e. The number of hydrogen-bond donors (Lipinski definition) is 1. The lowest BCUT2D eigenvalue weighted by Crippen LogP contribution is -2.39. The summed E-state index contributed by atoms with van der Waals surface area (Å²) in [5.41, 5.74) is 2.99. The topological polar surface area (TPSA) is 71.0 Å². The zero-order valence-corrected chi connectivity index (χ0v) is 15.1. The van der Waals surface area contributed by atoms with Gasteiger partial charge in [-0.05, 0) is 38.0 Å². The van der Waals surface area contributed by atoms with Gasteiger partial charge >= 0.3 is 5.69 Å². The van der Waals surface area contributed by atoms with Crippen LogP contribution in [0.1, 0.15) is 39.8 Å². The number of likely N-dealkylation sites (tertiary alicyclic amines) is 1. The zero-order chi connectivity index (χ0) is 17.6. The second kappa shape index (κ2) is 6.15. The van der Waals surface area contributed by atoms with Crippen molar-refractivity contribution in [3.05, 3.63) is 50.3 Å². The van der Waals surface area contributed by atoms with Gasteiger partial charge in [-0.3, -0.25) is 9.36 Å². The Balaban J connectivity index is 1.58. The molecule has 0 saturated carbocycles. The summed E-state index contributed by atoms with van der Waals surface area (Å²) < 4.78 is 1.55. The number of carbonyl (C=O) groups is 1. The minimum absolute atomic E-state index is 0.0181. The zero-order valence-electron chi connectivity index (χ0n) is 14.3. The molecule has 0 bridgehead atoms. The summed E-state index contributed by atoms with van der Waals surface area (Å²) in [6, 6.07) is 5.40. The molecule has 1 N–H and O–H groups in total. The lowest BCUT2D eigenvalue weighted by molar-refractivity contribution is 0.0707. The van der Waals surface area contributed by atoms with Crippen molar-refractivity contribution in [3.63, 3.8) is 0 Å². The fraction of sp³-hybridized carbons (Fsp3) is 0.389. The van der Waals surface area contributed by atoms with E-state index in [1.54, 1.807) is 35.1 Å². The highest BCUT2D eigenvalue weighted by Gasteiger charge is 2.27. The van der Waals surface area contributed by atoms with Crippen LogP contribution in [0.25, 0.3) is 11.0 Å². The lowest BCUT2D eigenvalue weighted by Gasteiger charge is -2.32. The maximum absolute atomic E-state index is 12.9. The number of benzene rings is 1. The van der Waals surface area contributed by atoms with E-state index in [0.29, 0.717) is 23.5 Å². The molecule has 0 aliphatic carbocycles. The molecule has 1 amide bonds. The largest absolute Gasteiger partial charge is 0.338 e. The summed E-state index contributed by atoms with van der Waals surface area (Å²) in [6.07, 6.45) is 2.06. The van der Waals surface area contributed by atoms with Gasteiger partial charge in [-0.25, -0.2) is 9.78 Å². The van der Waals surface area contributed by atoms with Crippen LogP contribution in [0.3, 0.4) is 0 Å². The molecule has 1 saturated heterocycles. The van der Waals surface area contributed by atoms with Crippen LogP contribution >= 0.6 is 11.3 Å².